The zero-order valence-electron chi connectivity index (χ0n) is 21.3. The highest BCUT2D eigenvalue weighted by atomic mass is 16.8. The molecule has 1 aliphatic heterocycles. The Bertz CT molecular complexity index is 899. The van der Waals surface area contributed by atoms with Crippen molar-refractivity contribution in [2.45, 2.75) is 69.2 Å². The van der Waals surface area contributed by atoms with Crippen molar-refractivity contribution in [2.24, 2.45) is 0 Å². The monoisotopic (exact) mass is 506 g/mol. The summed E-state index contributed by atoms with van der Waals surface area (Å²) in [4.78, 5) is 0. The standard InChI is InChI=1S/C27H38O9/c1-26(31-3)27(2,32-4)36-25(23(30)22(15-28)34-17-20-13-9-6-10-14-20)24(35-26)21(29)18-33-16-19-11-7-5-8-12-19/h5-14,21-25,28-30H,15-18H2,1-4H3/t21-,22-,23-,24+,25+,26?,27?/m1/s1. The summed E-state index contributed by atoms with van der Waals surface area (Å²) in [7, 11) is 2.87. The third kappa shape index (κ3) is 6.69. The SMILES string of the molecule is COC1(C)O[C@@H]([C@H](O)COCc2ccccc2)[C@H]([C@H](O)[C@@H](CO)OCc2ccccc2)OC1(C)OC. The van der Waals surface area contributed by atoms with Crippen molar-refractivity contribution in [1.82, 2.24) is 0 Å². The molecule has 1 aliphatic rings. The highest BCUT2D eigenvalue weighted by molar-refractivity contribution is 5.14. The molecule has 9 heteroatoms. The van der Waals surface area contributed by atoms with Crippen LogP contribution in [0, 0.1) is 0 Å². The third-order valence-corrected chi connectivity index (χ3v) is 6.63. The molecule has 9 nitrogen and oxygen atoms in total. The highest BCUT2D eigenvalue weighted by Crippen LogP contribution is 2.41. The molecule has 2 aromatic carbocycles. The minimum atomic E-state index is -1.44. The predicted octanol–water partition coefficient (Wildman–Crippen LogP) is 2.01. The van der Waals surface area contributed by atoms with Crippen LogP contribution in [0.3, 0.4) is 0 Å². The van der Waals surface area contributed by atoms with Gasteiger partial charge in [0, 0.05) is 14.2 Å². The summed E-state index contributed by atoms with van der Waals surface area (Å²) in [6.07, 6.45) is -5.81. The van der Waals surface area contributed by atoms with Crippen LogP contribution in [0.25, 0.3) is 0 Å². The van der Waals surface area contributed by atoms with E-state index >= 15 is 0 Å². The molecule has 3 rings (SSSR count). The van der Waals surface area contributed by atoms with E-state index in [4.69, 9.17) is 28.4 Å². The number of aliphatic hydroxyl groups is 3. The second kappa shape index (κ2) is 13.0. The fourth-order valence-corrected chi connectivity index (χ4v) is 4.11. The van der Waals surface area contributed by atoms with Crippen LogP contribution >= 0.6 is 0 Å². The average molecular weight is 507 g/mol. The summed E-state index contributed by atoms with van der Waals surface area (Å²) < 4.78 is 35.1. The fraction of sp³-hybridized carbons (Fsp3) is 0.556. The molecule has 0 spiro atoms. The quantitative estimate of drug-likeness (QED) is 0.375. The van der Waals surface area contributed by atoms with Gasteiger partial charge in [0.25, 0.3) is 0 Å². The second-order valence-corrected chi connectivity index (χ2v) is 9.04. The maximum absolute atomic E-state index is 11.3. The minimum Gasteiger partial charge on any atom is -0.394 e. The van der Waals surface area contributed by atoms with Crippen molar-refractivity contribution >= 4 is 0 Å². The van der Waals surface area contributed by atoms with Gasteiger partial charge in [0.1, 0.15) is 30.5 Å². The Morgan fingerprint density at radius 3 is 1.81 bits per heavy atom. The lowest BCUT2D eigenvalue weighted by Crippen LogP contribution is -2.70. The lowest BCUT2D eigenvalue weighted by atomic mass is 9.94. The Morgan fingerprint density at radius 1 is 0.806 bits per heavy atom. The van der Waals surface area contributed by atoms with Crippen LogP contribution < -0.4 is 0 Å². The molecule has 0 aliphatic carbocycles. The van der Waals surface area contributed by atoms with Gasteiger partial charge in [-0.15, -0.1) is 0 Å². The Balaban J connectivity index is 1.76. The van der Waals surface area contributed by atoms with Gasteiger partial charge in [-0.3, -0.25) is 0 Å². The van der Waals surface area contributed by atoms with Crippen LogP contribution in [0.5, 0.6) is 0 Å². The van der Waals surface area contributed by atoms with Gasteiger partial charge in [0.05, 0.1) is 26.4 Å². The van der Waals surface area contributed by atoms with Gasteiger partial charge in [-0.2, -0.15) is 0 Å². The molecule has 0 saturated carbocycles. The van der Waals surface area contributed by atoms with Gasteiger partial charge in [-0.1, -0.05) is 60.7 Å². The molecular weight excluding hydrogens is 468 g/mol. The van der Waals surface area contributed by atoms with E-state index in [-0.39, 0.29) is 19.8 Å². The molecule has 0 aromatic heterocycles. The smallest absolute Gasteiger partial charge is 0.220 e. The molecule has 1 saturated heterocycles. The minimum absolute atomic E-state index is 0.0930. The first-order chi connectivity index (χ1) is 17.3. The van der Waals surface area contributed by atoms with Gasteiger partial charge in [-0.25, -0.2) is 0 Å². The van der Waals surface area contributed by atoms with E-state index in [2.05, 4.69) is 0 Å². The Labute approximate surface area is 212 Å². The zero-order chi connectivity index (χ0) is 26.2. The lowest BCUT2D eigenvalue weighted by molar-refractivity contribution is -0.462. The highest BCUT2D eigenvalue weighted by Gasteiger charge is 2.59. The number of hydrogen-bond acceptors (Lipinski definition) is 9. The van der Waals surface area contributed by atoms with Crippen LogP contribution in [0.2, 0.25) is 0 Å². The van der Waals surface area contributed by atoms with Crippen molar-refractivity contribution < 1.29 is 43.7 Å². The van der Waals surface area contributed by atoms with Crippen LogP contribution in [0.1, 0.15) is 25.0 Å². The largest absolute Gasteiger partial charge is 0.394 e. The summed E-state index contributed by atoms with van der Waals surface area (Å²) in [5.41, 5.74) is 1.83. The van der Waals surface area contributed by atoms with Crippen LogP contribution in [0.4, 0.5) is 0 Å². The average Bonchev–Trinajstić information content (AvgIpc) is 2.91. The molecule has 200 valence electrons. The van der Waals surface area contributed by atoms with Gasteiger partial charge >= 0.3 is 0 Å². The van der Waals surface area contributed by atoms with E-state index in [0.717, 1.165) is 11.1 Å². The summed E-state index contributed by atoms with van der Waals surface area (Å²) >= 11 is 0. The molecule has 3 N–H and O–H groups in total. The van der Waals surface area contributed by atoms with E-state index in [9.17, 15) is 15.3 Å². The molecule has 36 heavy (non-hydrogen) atoms. The Kier molecular flexibility index (Phi) is 10.4. The van der Waals surface area contributed by atoms with Gasteiger partial charge in [0.15, 0.2) is 0 Å². The number of benzene rings is 2. The van der Waals surface area contributed by atoms with Gasteiger partial charge in [-0.05, 0) is 25.0 Å². The van der Waals surface area contributed by atoms with Crippen LogP contribution in [-0.2, 0) is 41.6 Å². The summed E-state index contributed by atoms with van der Waals surface area (Å²) in [6, 6.07) is 18.9. The molecule has 1 heterocycles. The third-order valence-electron chi connectivity index (χ3n) is 6.63. The number of rotatable bonds is 13. The molecule has 2 aromatic rings. The topological polar surface area (TPSA) is 116 Å². The molecule has 1 fully saturated rings. The van der Waals surface area contributed by atoms with E-state index in [1.807, 2.05) is 60.7 Å². The lowest BCUT2D eigenvalue weighted by Gasteiger charge is -2.54. The molecule has 2 unspecified atom stereocenters. The van der Waals surface area contributed by atoms with E-state index < -0.39 is 48.7 Å². The first-order valence-corrected chi connectivity index (χ1v) is 12.0. The number of hydrogen-bond donors (Lipinski definition) is 3. The summed E-state index contributed by atoms with van der Waals surface area (Å²) in [5, 5.41) is 32.3. The Hall–Kier alpha value is -1.92. The first-order valence-electron chi connectivity index (χ1n) is 12.0. The zero-order valence-corrected chi connectivity index (χ0v) is 21.3. The first kappa shape index (κ1) is 28.6. The second-order valence-electron chi connectivity index (χ2n) is 9.04. The molecule has 0 radical (unpaired) electrons. The van der Waals surface area contributed by atoms with Crippen molar-refractivity contribution in [3.8, 4) is 0 Å². The van der Waals surface area contributed by atoms with E-state index in [1.165, 1.54) is 14.2 Å². The Morgan fingerprint density at radius 2 is 1.31 bits per heavy atom. The number of ether oxygens (including phenoxy) is 6. The summed E-state index contributed by atoms with van der Waals surface area (Å²) in [5.74, 6) is -2.85. The van der Waals surface area contributed by atoms with E-state index in [0.29, 0.717) is 0 Å². The summed E-state index contributed by atoms with van der Waals surface area (Å²) in [6.45, 7) is 3.12. The van der Waals surface area contributed by atoms with Crippen molar-refractivity contribution in [2.75, 3.05) is 27.4 Å². The molecule has 0 amide bonds. The van der Waals surface area contributed by atoms with Crippen molar-refractivity contribution in [3.05, 3.63) is 71.8 Å². The predicted molar refractivity (Wildman–Crippen MR) is 131 cm³/mol. The molecular formula is C27H38O9. The van der Waals surface area contributed by atoms with Gasteiger partial charge in [0.2, 0.25) is 11.6 Å². The van der Waals surface area contributed by atoms with Gasteiger partial charge < -0.3 is 43.7 Å². The normalized spacial score (nSPS) is 29.0. The molecule has 0 bridgehead atoms. The van der Waals surface area contributed by atoms with E-state index in [1.54, 1.807) is 13.8 Å². The van der Waals surface area contributed by atoms with Crippen molar-refractivity contribution in [1.29, 1.82) is 0 Å². The van der Waals surface area contributed by atoms with Crippen LogP contribution in [0.15, 0.2) is 60.7 Å². The molecule has 7 atom stereocenters. The maximum atomic E-state index is 11.3. The van der Waals surface area contributed by atoms with Crippen LogP contribution in [-0.4, -0.2) is 84.8 Å². The fourth-order valence-electron chi connectivity index (χ4n) is 4.11. The maximum Gasteiger partial charge on any atom is 0.220 e. The number of aliphatic hydroxyl groups excluding tert-OH is 3. The van der Waals surface area contributed by atoms with Crippen molar-refractivity contribution in [3.63, 3.8) is 0 Å². The number of methoxy groups -OCH3 is 2.